The molecule has 0 radical (unpaired) electrons. The summed E-state index contributed by atoms with van der Waals surface area (Å²) in [4.78, 5) is 39.0. The van der Waals surface area contributed by atoms with E-state index in [1.54, 1.807) is 24.3 Å². The fraction of sp³-hybridized carbons (Fsp3) is 0.125. The van der Waals surface area contributed by atoms with Gasteiger partial charge in [-0.1, -0.05) is 23.2 Å². The number of aromatic nitrogens is 1. The van der Waals surface area contributed by atoms with Crippen molar-refractivity contribution in [2.24, 2.45) is 0 Å². The van der Waals surface area contributed by atoms with Gasteiger partial charge in [0.2, 0.25) is 11.8 Å². The van der Waals surface area contributed by atoms with Gasteiger partial charge in [-0.25, -0.2) is 0 Å². The van der Waals surface area contributed by atoms with E-state index < -0.39 is 17.7 Å². The average molecular weight is 381 g/mol. The number of benzene rings is 1. The highest BCUT2D eigenvalue weighted by molar-refractivity contribution is 6.36. The number of hydrogen-bond donors (Lipinski definition) is 3. The summed E-state index contributed by atoms with van der Waals surface area (Å²) in [6, 6.07) is 7.81. The molecule has 0 saturated carbocycles. The maximum Gasteiger partial charge on any atom is 0.271 e. The van der Waals surface area contributed by atoms with E-state index in [1.807, 2.05) is 0 Å². The van der Waals surface area contributed by atoms with Crippen LogP contribution in [0.25, 0.3) is 0 Å². The quantitative estimate of drug-likeness (QED) is 0.693. The van der Waals surface area contributed by atoms with E-state index in [0.717, 1.165) is 0 Å². The number of halogens is 2. The molecule has 0 bridgehead atoms. The number of nitrogens with zero attached hydrogens (tertiary/aromatic N) is 1. The van der Waals surface area contributed by atoms with E-state index in [0.29, 0.717) is 21.3 Å². The second-order valence-electron chi connectivity index (χ2n) is 4.92. The summed E-state index contributed by atoms with van der Waals surface area (Å²) < 4.78 is 0. The Bertz CT molecular complexity index is 784. The molecule has 3 amide bonds. The molecule has 1 aromatic carbocycles. The fourth-order valence-corrected chi connectivity index (χ4v) is 2.24. The SMILES string of the molecule is O=C(CCC(=O)Nc1ccc(Cl)cc1Cl)NNC(=O)c1cccnc1. The molecule has 0 spiro atoms. The first kappa shape index (κ1) is 18.7. The van der Waals surface area contributed by atoms with Gasteiger partial charge in [-0.15, -0.1) is 0 Å². The minimum atomic E-state index is -0.505. The van der Waals surface area contributed by atoms with E-state index in [1.165, 1.54) is 18.5 Å². The first-order valence-corrected chi connectivity index (χ1v) is 7.95. The summed E-state index contributed by atoms with van der Waals surface area (Å²) in [6.07, 6.45) is 2.71. The van der Waals surface area contributed by atoms with Crippen LogP contribution in [-0.4, -0.2) is 22.7 Å². The molecule has 7 nitrogen and oxygen atoms in total. The lowest BCUT2D eigenvalue weighted by Crippen LogP contribution is -2.41. The van der Waals surface area contributed by atoms with Crippen LogP contribution in [0, 0.1) is 0 Å². The number of carbonyl (C=O) groups excluding carboxylic acids is 3. The predicted molar refractivity (Wildman–Crippen MR) is 94.2 cm³/mol. The molecule has 1 aromatic heterocycles. The standard InChI is InChI=1S/C16H14Cl2N4O3/c17-11-3-4-13(12(18)8-11)20-14(23)5-6-15(24)21-22-16(25)10-2-1-7-19-9-10/h1-4,7-9H,5-6H2,(H,20,23)(H,21,24)(H,22,25). The molecule has 25 heavy (non-hydrogen) atoms. The minimum absolute atomic E-state index is 0.0758. The van der Waals surface area contributed by atoms with Gasteiger partial charge in [0, 0.05) is 30.3 Å². The van der Waals surface area contributed by atoms with E-state index in [9.17, 15) is 14.4 Å². The van der Waals surface area contributed by atoms with Crippen LogP contribution in [-0.2, 0) is 9.59 Å². The molecular formula is C16H14Cl2N4O3. The molecule has 0 aliphatic rings. The zero-order chi connectivity index (χ0) is 18.2. The van der Waals surface area contributed by atoms with Crippen LogP contribution in [0.15, 0.2) is 42.7 Å². The lowest BCUT2D eigenvalue weighted by atomic mass is 10.2. The Labute approximate surface area is 153 Å². The fourth-order valence-electron chi connectivity index (χ4n) is 1.79. The van der Waals surface area contributed by atoms with Crippen LogP contribution in [0.4, 0.5) is 5.69 Å². The third-order valence-corrected chi connectivity index (χ3v) is 3.57. The van der Waals surface area contributed by atoms with Crippen molar-refractivity contribution in [3.63, 3.8) is 0 Å². The number of amides is 3. The number of rotatable bonds is 5. The highest BCUT2D eigenvalue weighted by Crippen LogP contribution is 2.25. The van der Waals surface area contributed by atoms with E-state index in [2.05, 4.69) is 21.2 Å². The first-order chi connectivity index (χ1) is 12.0. The van der Waals surface area contributed by atoms with Crippen LogP contribution in [0.3, 0.4) is 0 Å². The second kappa shape index (κ2) is 9.00. The Morgan fingerprint density at radius 3 is 2.44 bits per heavy atom. The van der Waals surface area contributed by atoms with Crippen molar-refractivity contribution < 1.29 is 14.4 Å². The van der Waals surface area contributed by atoms with Gasteiger partial charge < -0.3 is 5.32 Å². The highest BCUT2D eigenvalue weighted by Gasteiger charge is 2.11. The summed E-state index contributed by atoms with van der Waals surface area (Å²) in [5.74, 6) is -1.40. The summed E-state index contributed by atoms with van der Waals surface area (Å²) in [7, 11) is 0. The van der Waals surface area contributed by atoms with Gasteiger partial charge in [0.1, 0.15) is 0 Å². The monoisotopic (exact) mass is 380 g/mol. The topological polar surface area (TPSA) is 100 Å². The van der Waals surface area contributed by atoms with Crippen LogP contribution in [0.1, 0.15) is 23.2 Å². The number of nitrogens with one attached hydrogen (secondary N) is 3. The third-order valence-electron chi connectivity index (χ3n) is 3.02. The number of hydrazine groups is 1. The molecule has 9 heteroatoms. The van der Waals surface area contributed by atoms with Crippen LogP contribution in [0.2, 0.25) is 10.0 Å². The maximum absolute atomic E-state index is 11.8. The average Bonchev–Trinajstić information content (AvgIpc) is 2.61. The predicted octanol–water partition coefficient (Wildman–Crippen LogP) is 2.57. The summed E-state index contributed by atoms with van der Waals surface area (Å²) in [5, 5.41) is 3.33. The second-order valence-corrected chi connectivity index (χ2v) is 5.76. The molecule has 0 atom stereocenters. The van der Waals surface area contributed by atoms with Crippen LogP contribution in [0.5, 0.6) is 0 Å². The third kappa shape index (κ3) is 6.06. The van der Waals surface area contributed by atoms with Gasteiger partial charge in [-0.3, -0.25) is 30.2 Å². The smallest absolute Gasteiger partial charge is 0.271 e. The van der Waals surface area contributed by atoms with Crippen LogP contribution >= 0.6 is 23.2 Å². The van der Waals surface area contributed by atoms with Crippen molar-refractivity contribution in [2.45, 2.75) is 12.8 Å². The molecule has 3 N–H and O–H groups in total. The minimum Gasteiger partial charge on any atom is -0.325 e. The largest absolute Gasteiger partial charge is 0.325 e. The Morgan fingerprint density at radius 2 is 1.76 bits per heavy atom. The normalized spacial score (nSPS) is 10.0. The van der Waals surface area contributed by atoms with Gasteiger partial charge in [0.05, 0.1) is 16.3 Å². The summed E-state index contributed by atoms with van der Waals surface area (Å²) in [5.41, 5.74) is 5.18. The van der Waals surface area contributed by atoms with Crippen molar-refractivity contribution in [1.82, 2.24) is 15.8 Å². The molecule has 0 fully saturated rings. The zero-order valence-corrected chi connectivity index (χ0v) is 14.4. The Hall–Kier alpha value is -2.64. The summed E-state index contributed by atoms with van der Waals surface area (Å²) in [6.45, 7) is 0. The number of anilines is 1. The van der Waals surface area contributed by atoms with E-state index in [4.69, 9.17) is 23.2 Å². The Morgan fingerprint density at radius 1 is 1.00 bits per heavy atom. The molecule has 1 heterocycles. The van der Waals surface area contributed by atoms with Crippen molar-refractivity contribution >= 4 is 46.6 Å². The van der Waals surface area contributed by atoms with Gasteiger partial charge >= 0.3 is 0 Å². The molecule has 130 valence electrons. The first-order valence-electron chi connectivity index (χ1n) is 7.20. The van der Waals surface area contributed by atoms with Crippen LogP contribution < -0.4 is 16.2 Å². The molecule has 0 aliphatic carbocycles. The summed E-state index contributed by atoms with van der Waals surface area (Å²) >= 11 is 11.7. The number of pyridine rings is 1. The highest BCUT2D eigenvalue weighted by atomic mass is 35.5. The van der Waals surface area contributed by atoms with Gasteiger partial charge in [0.25, 0.3) is 5.91 Å². The number of hydrogen-bond acceptors (Lipinski definition) is 4. The molecule has 0 unspecified atom stereocenters. The number of carbonyl (C=O) groups is 3. The van der Waals surface area contributed by atoms with Crippen molar-refractivity contribution in [3.8, 4) is 0 Å². The van der Waals surface area contributed by atoms with Crippen molar-refractivity contribution in [3.05, 3.63) is 58.3 Å². The Kier molecular flexibility index (Phi) is 6.73. The molecular weight excluding hydrogens is 367 g/mol. The molecule has 2 aromatic rings. The lowest BCUT2D eigenvalue weighted by molar-refractivity contribution is -0.124. The van der Waals surface area contributed by atoms with E-state index in [-0.39, 0.29) is 12.8 Å². The van der Waals surface area contributed by atoms with Crippen molar-refractivity contribution in [1.29, 1.82) is 0 Å². The zero-order valence-electron chi connectivity index (χ0n) is 12.9. The lowest BCUT2D eigenvalue weighted by Gasteiger charge is -2.09. The maximum atomic E-state index is 11.8. The molecule has 0 saturated heterocycles. The molecule has 0 aliphatic heterocycles. The van der Waals surface area contributed by atoms with Crippen molar-refractivity contribution in [2.75, 3.05) is 5.32 Å². The molecule has 2 rings (SSSR count). The van der Waals surface area contributed by atoms with Gasteiger partial charge in [-0.2, -0.15) is 0 Å². The van der Waals surface area contributed by atoms with Gasteiger partial charge in [-0.05, 0) is 30.3 Å². The van der Waals surface area contributed by atoms with E-state index >= 15 is 0 Å². The van der Waals surface area contributed by atoms with Gasteiger partial charge in [0.15, 0.2) is 0 Å². The Balaban J connectivity index is 1.74.